The SMILES string of the molecule is O=C1NCN(c2ccc3c(c2)N=CCO3)C(=O)N1. The zero-order valence-corrected chi connectivity index (χ0v) is 9.34. The molecule has 1 saturated heterocycles. The number of aliphatic imine (C=N–C) groups is 1. The van der Waals surface area contributed by atoms with Crippen molar-refractivity contribution < 1.29 is 14.3 Å². The van der Waals surface area contributed by atoms with Gasteiger partial charge in [-0.25, -0.2) is 9.59 Å². The molecular formula is C11H10N4O3. The number of imide groups is 1. The molecule has 1 aromatic carbocycles. The molecule has 0 spiro atoms. The van der Waals surface area contributed by atoms with Gasteiger partial charge in [-0.15, -0.1) is 0 Å². The van der Waals surface area contributed by atoms with Crippen LogP contribution in [0.2, 0.25) is 0 Å². The summed E-state index contributed by atoms with van der Waals surface area (Å²) < 4.78 is 5.37. The number of hydrogen-bond acceptors (Lipinski definition) is 4. The molecule has 0 saturated carbocycles. The largest absolute Gasteiger partial charge is 0.486 e. The molecule has 0 aromatic heterocycles. The number of carbonyl (C=O) groups is 2. The molecule has 4 amide bonds. The molecule has 1 fully saturated rings. The number of nitrogens with zero attached hydrogens (tertiary/aromatic N) is 2. The highest BCUT2D eigenvalue weighted by Gasteiger charge is 2.24. The molecule has 2 heterocycles. The lowest BCUT2D eigenvalue weighted by molar-refractivity contribution is 0.224. The van der Waals surface area contributed by atoms with Crippen LogP contribution in [0.25, 0.3) is 0 Å². The van der Waals surface area contributed by atoms with E-state index in [1.807, 2.05) is 0 Å². The van der Waals surface area contributed by atoms with Crippen molar-refractivity contribution in [2.45, 2.75) is 0 Å². The molecule has 0 unspecified atom stereocenters. The lowest BCUT2D eigenvalue weighted by Gasteiger charge is -2.28. The van der Waals surface area contributed by atoms with Crippen LogP contribution in [0.1, 0.15) is 0 Å². The molecule has 3 rings (SSSR count). The number of benzene rings is 1. The van der Waals surface area contributed by atoms with Gasteiger partial charge in [0, 0.05) is 11.9 Å². The smallest absolute Gasteiger partial charge is 0.331 e. The van der Waals surface area contributed by atoms with E-state index in [1.54, 1.807) is 24.4 Å². The van der Waals surface area contributed by atoms with Gasteiger partial charge >= 0.3 is 12.1 Å². The normalized spacial score (nSPS) is 17.7. The Kier molecular flexibility index (Phi) is 2.36. The highest BCUT2D eigenvalue weighted by Crippen LogP contribution is 2.33. The van der Waals surface area contributed by atoms with Crippen LogP contribution in [0.4, 0.5) is 21.0 Å². The molecule has 92 valence electrons. The van der Waals surface area contributed by atoms with Gasteiger partial charge in [0.15, 0.2) is 0 Å². The van der Waals surface area contributed by atoms with E-state index in [-0.39, 0.29) is 6.67 Å². The lowest BCUT2D eigenvalue weighted by atomic mass is 10.2. The molecule has 2 N–H and O–H groups in total. The Hall–Kier alpha value is -2.57. The first kappa shape index (κ1) is 10.6. The summed E-state index contributed by atoms with van der Waals surface area (Å²) >= 11 is 0. The second-order valence-electron chi connectivity index (χ2n) is 3.80. The number of anilines is 1. The van der Waals surface area contributed by atoms with Gasteiger partial charge in [-0.05, 0) is 18.2 Å². The van der Waals surface area contributed by atoms with E-state index in [4.69, 9.17) is 4.74 Å². The van der Waals surface area contributed by atoms with Crippen LogP contribution in [0.3, 0.4) is 0 Å². The highest BCUT2D eigenvalue weighted by atomic mass is 16.5. The third-order valence-corrected chi connectivity index (χ3v) is 2.66. The quantitative estimate of drug-likeness (QED) is 0.774. The Labute approximate surface area is 102 Å². The summed E-state index contributed by atoms with van der Waals surface area (Å²) in [6.07, 6.45) is 1.66. The first-order valence-electron chi connectivity index (χ1n) is 5.40. The van der Waals surface area contributed by atoms with E-state index < -0.39 is 12.1 Å². The third kappa shape index (κ3) is 1.75. The number of carbonyl (C=O) groups excluding carboxylic acids is 2. The molecule has 2 aliphatic rings. The summed E-state index contributed by atoms with van der Waals surface area (Å²) in [6.45, 7) is 0.584. The Morgan fingerprint density at radius 1 is 1.33 bits per heavy atom. The minimum Gasteiger partial charge on any atom is -0.486 e. The van der Waals surface area contributed by atoms with Crippen molar-refractivity contribution in [3.8, 4) is 5.75 Å². The van der Waals surface area contributed by atoms with Crippen LogP contribution < -0.4 is 20.3 Å². The predicted molar refractivity (Wildman–Crippen MR) is 64.5 cm³/mol. The van der Waals surface area contributed by atoms with E-state index in [0.29, 0.717) is 23.7 Å². The minimum absolute atomic E-state index is 0.133. The first-order chi connectivity index (χ1) is 8.74. The van der Waals surface area contributed by atoms with Crippen molar-refractivity contribution in [2.24, 2.45) is 4.99 Å². The summed E-state index contributed by atoms with van der Waals surface area (Å²) in [5.74, 6) is 0.683. The summed E-state index contributed by atoms with van der Waals surface area (Å²) in [5.41, 5.74) is 1.32. The van der Waals surface area contributed by atoms with Gasteiger partial charge in [0.1, 0.15) is 24.7 Å². The number of rotatable bonds is 1. The van der Waals surface area contributed by atoms with Gasteiger partial charge in [-0.3, -0.25) is 15.2 Å². The zero-order valence-electron chi connectivity index (χ0n) is 9.34. The summed E-state index contributed by atoms with van der Waals surface area (Å²) in [6, 6.07) is 4.29. The van der Waals surface area contributed by atoms with Gasteiger partial charge in [0.05, 0.1) is 0 Å². The van der Waals surface area contributed by atoms with Gasteiger partial charge < -0.3 is 10.1 Å². The standard InChI is InChI=1S/C11H10N4O3/c16-10-13-6-15(11(17)14-10)7-1-2-9-8(5-7)12-3-4-18-9/h1-3,5H,4,6H2,(H2,13,14,16,17). The second kappa shape index (κ2) is 4.02. The average Bonchev–Trinajstić information content (AvgIpc) is 2.38. The topological polar surface area (TPSA) is 83.0 Å². The summed E-state index contributed by atoms with van der Waals surface area (Å²) in [4.78, 5) is 28.2. The maximum atomic E-state index is 11.7. The molecule has 18 heavy (non-hydrogen) atoms. The van der Waals surface area contributed by atoms with Gasteiger partial charge in [-0.1, -0.05) is 0 Å². The minimum atomic E-state index is -0.490. The Morgan fingerprint density at radius 3 is 3.06 bits per heavy atom. The number of fused-ring (bicyclic) bond motifs is 1. The monoisotopic (exact) mass is 246 g/mol. The van der Waals surface area contributed by atoms with Crippen LogP contribution >= 0.6 is 0 Å². The van der Waals surface area contributed by atoms with Crippen molar-refractivity contribution in [3.05, 3.63) is 18.2 Å². The Bertz CT molecular complexity index is 555. The fourth-order valence-corrected chi connectivity index (χ4v) is 1.80. The molecule has 0 atom stereocenters. The predicted octanol–water partition coefficient (Wildman–Crippen LogP) is 0.978. The van der Waals surface area contributed by atoms with Crippen molar-refractivity contribution in [2.75, 3.05) is 18.2 Å². The third-order valence-electron chi connectivity index (χ3n) is 2.66. The Morgan fingerprint density at radius 2 is 2.22 bits per heavy atom. The fourth-order valence-electron chi connectivity index (χ4n) is 1.80. The maximum Gasteiger partial charge on any atom is 0.331 e. The van der Waals surface area contributed by atoms with Crippen LogP contribution in [0, 0.1) is 0 Å². The van der Waals surface area contributed by atoms with Crippen molar-refractivity contribution in [3.63, 3.8) is 0 Å². The lowest BCUT2D eigenvalue weighted by Crippen LogP contribution is -2.57. The van der Waals surface area contributed by atoms with E-state index in [9.17, 15) is 9.59 Å². The van der Waals surface area contributed by atoms with Crippen LogP contribution in [0.5, 0.6) is 5.75 Å². The van der Waals surface area contributed by atoms with E-state index >= 15 is 0 Å². The van der Waals surface area contributed by atoms with Crippen LogP contribution in [-0.2, 0) is 0 Å². The molecular weight excluding hydrogens is 236 g/mol. The number of amides is 4. The number of nitrogens with one attached hydrogen (secondary N) is 2. The molecule has 2 aliphatic heterocycles. The van der Waals surface area contributed by atoms with Crippen LogP contribution in [-0.4, -0.2) is 31.6 Å². The van der Waals surface area contributed by atoms with Crippen molar-refractivity contribution in [1.82, 2.24) is 10.6 Å². The summed E-state index contributed by atoms with van der Waals surface area (Å²) in [7, 11) is 0. The number of hydrogen-bond donors (Lipinski definition) is 2. The molecule has 1 aromatic rings. The molecule has 0 aliphatic carbocycles. The van der Waals surface area contributed by atoms with E-state index in [2.05, 4.69) is 15.6 Å². The second-order valence-corrected chi connectivity index (χ2v) is 3.80. The van der Waals surface area contributed by atoms with Gasteiger partial charge in [-0.2, -0.15) is 0 Å². The summed E-state index contributed by atoms with van der Waals surface area (Å²) in [5, 5.41) is 4.70. The number of ether oxygens (including phenoxy) is 1. The fraction of sp³-hybridized carbons (Fsp3) is 0.182. The maximum absolute atomic E-state index is 11.7. The molecule has 0 bridgehead atoms. The van der Waals surface area contributed by atoms with Crippen molar-refractivity contribution >= 4 is 29.7 Å². The Balaban J connectivity index is 1.91. The average molecular weight is 246 g/mol. The number of urea groups is 2. The van der Waals surface area contributed by atoms with E-state index in [1.165, 1.54) is 4.90 Å². The van der Waals surface area contributed by atoms with Crippen LogP contribution in [0.15, 0.2) is 23.2 Å². The van der Waals surface area contributed by atoms with E-state index in [0.717, 1.165) is 0 Å². The molecule has 0 radical (unpaired) electrons. The van der Waals surface area contributed by atoms with Crippen molar-refractivity contribution in [1.29, 1.82) is 0 Å². The molecule has 7 nitrogen and oxygen atoms in total. The zero-order chi connectivity index (χ0) is 12.5. The highest BCUT2D eigenvalue weighted by molar-refractivity contribution is 6.05. The van der Waals surface area contributed by atoms with Gasteiger partial charge in [0.2, 0.25) is 0 Å². The molecule has 7 heteroatoms. The van der Waals surface area contributed by atoms with Gasteiger partial charge in [0.25, 0.3) is 0 Å². The first-order valence-corrected chi connectivity index (χ1v) is 5.40.